The zero-order valence-electron chi connectivity index (χ0n) is 14.8. The van der Waals surface area contributed by atoms with E-state index in [2.05, 4.69) is 51.4 Å². The van der Waals surface area contributed by atoms with Crippen molar-refractivity contribution in [2.45, 2.75) is 45.7 Å². The summed E-state index contributed by atoms with van der Waals surface area (Å²) >= 11 is 0. The molecule has 0 saturated carbocycles. The van der Waals surface area contributed by atoms with Crippen LogP contribution in [-0.2, 0) is 6.54 Å². The van der Waals surface area contributed by atoms with E-state index in [4.69, 9.17) is 4.52 Å². The first-order chi connectivity index (χ1) is 12.2. The van der Waals surface area contributed by atoms with Gasteiger partial charge in [-0.05, 0) is 44.4 Å². The van der Waals surface area contributed by atoms with E-state index in [-0.39, 0.29) is 0 Å². The second-order valence-electron chi connectivity index (χ2n) is 6.94. The first-order valence-corrected chi connectivity index (χ1v) is 8.98. The number of rotatable bonds is 4. The van der Waals surface area contributed by atoms with Crippen molar-refractivity contribution in [2.75, 3.05) is 6.54 Å². The van der Waals surface area contributed by atoms with E-state index < -0.39 is 0 Å². The maximum atomic E-state index is 5.48. The van der Waals surface area contributed by atoms with Gasteiger partial charge in [0.15, 0.2) is 5.76 Å². The highest BCUT2D eigenvalue weighted by molar-refractivity contribution is 5.60. The van der Waals surface area contributed by atoms with Crippen LogP contribution >= 0.6 is 0 Å². The number of aromatic nitrogens is 3. The van der Waals surface area contributed by atoms with Gasteiger partial charge in [0.1, 0.15) is 0 Å². The van der Waals surface area contributed by atoms with Crippen LogP contribution in [0.3, 0.4) is 0 Å². The van der Waals surface area contributed by atoms with E-state index in [9.17, 15) is 0 Å². The van der Waals surface area contributed by atoms with Crippen molar-refractivity contribution in [1.82, 2.24) is 20.3 Å². The molecule has 1 aliphatic heterocycles. The first kappa shape index (κ1) is 16.1. The van der Waals surface area contributed by atoms with Crippen molar-refractivity contribution in [1.29, 1.82) is 0 Å². The Balaban J connectivity index is 1.64. The molecule has 1 fully saturated rings. The van der Waals surface area contributed by atoms with Gasteiger partial charge in [-0.1, -0.05) is 35.8 Å². The van der Waals surface area contributed by atoms with E-state index >= 15 is 0 Å². The minimum atomic E-state index is 0.330. The molecule has 3 heterocycles. The second kappa shape index (κ2) is 6.84. The van der Waals surface area contributed by atoms with Gasteiger partial charge >= 0.3 is 0 Å². The molecule has 1 atom stereocenters. The van der Waals surface area contributed by atoms with Gasteiger partial charge in [0.25, 0.3) is 0 Å². The number of piperidine rings is 1. The molecule has 0 aliphatic carbocycles. The molecule has 2 aromatic heterocycles. The Bertz CT molecular complexity index is 851. The lowest BCUT2D eigenvalue weighted by Crippen LogP contribution is -2.33. The molecule has 130 valence electrons. The smallest absolute Gasteiger partial charge is 0.170 e. The zero-order valence-corrected chi connectivity index (χ0v) is 14.8. The highest BCUT2D eigenvalue weighted by atomic mass is 16.5. The van der Waals surface area contributed by atoms with Crippen molar-refractivity contribution in [3.05, 3.63) is 59.0 Å². The van der Waals surface area contributed by atoms with E-state index in [1.807, 2.05) is 19.2 Å². The van der Waals surface area contributed by atoms with Crippen LogP contribution in [0, 0.1) is 13.8 Å². The topological polar surface area (TPSA) is 58.0 Å². The van der Waals surface area contributed by atoms with Gasteiger partial charge in [-0.15, -0.1) is 0 Å². The number of hydrogen-bond donors (Lipinski definition) is 1. The summed E-state index contributed by atoms with van der Waals surface area (Å²) in [7, 11) is 0. The van der Waals surface area contributed by atoms with Crippen molar-refractivity contribution in [3.8, 4) is 11.3 Å². The molecular formula is C20H24N4O. The third-order valence-corrected chi connectivity index (χ3v) is 5.14. The van der Waals surface area contributed by atoms with Crippen molar-refractivity contribution in [3.63, 3.8) is 0 Å². The third kappa shape index (κ3) is 3.24. The Morgan fingerprint density at radius 1 is 1.24 bits per heavy atom. The Kier molecular flexibility index (Phi) is 4.40. The maximum absolute atomic E-state index is 5.48. The summed E-state index contributed by atoms with van der Waals surface area (Å²) in [5.41, 5.74) is 5.81. The van der Waals surface area contributed by atoms with Crippen LogP contribution in [0.1, 0.15) is 47.8 Å². The maximum Gasteiger partial charge on any atom is 0.170 e. The molecule has 3 aromatic rings. The summed E-state index contributed by atoms with van der Waals surface area (Å²) in [4.78, 5) is 2.56. The van der Waals surface area contributed by atoms with Crippen LogP contribution < -0.4 is 0 Å². The van der Waals surface area contributed by atoms with Gasteiger partial charge in [0.05, 0.1) is 29.2 Å². The predicted octanol–water partition coefficient (Wildman–Crippen LogP) is 4.41. The number of aryl methyl sites for hydroxylation is 2. The lowest BCUT2D eigenvalue weighted by atomic mass is 9.95. The van der Waals surface area contributed by atoms with Crippen LogP contribution in [0.4, 0.5) is 0 Å². The Labute approximate surface area is 148 Å². The summed E-state index contributed by atoms with van der Waals surface area (Å²) < 4.78 is 5.48. The van der Waals surface area contributed by atoms with Crippen LogP contribution in [0.25, 0.3) is 11.3 Å². The Hall–Kier alpha value is -2.40. The van der Waals surface area contributed by atoms with Crippen LogP contribution in [0.5, 0.6) is 0 Å². The number of nitrogens with one attached hydrogen (secondary N) is 1. The van der Waals surface area contributed by atoms with Crippen molar-refractivity contribution < 1.29 is 4.52 Å². The molecule has 0 amide bonds. The molecule has 0 spiro atoms. The van der Waals surface area contributed by atoms with Crippen molar-refractivity contribution in [2.24, 2.45) is 0 Å². The quantitative estimate of drug-likeness (QED) is 0.767. The Morgan fingerprint density at radius 2 is 2.12 bits per heavy atom. The lowest BCUT2D eigenvalue weighted by molar-refractivity contribution is 0.137. The lowest BCUT2D eigenvalue weighted by Gasteiger charge is -2.35. The van der Waals surface area contributed by atoms with E-state index in [0.29, 0.717) is 6.04 Å². The first-order valence-electron chi connectivity index (χ1n) is 8.98. The number of nitrogens with zero attached hydrogens (tertiary/aromatic N) is 3. The van der Waals surface area contributed by atoms with E-state index in [0.717, 1.165) is 42.2 Å². The van der Waals surface area contributed by atoms with E-state index in [1.165, 1.54) is 24.0 Å². The standard InChI is InChI=1S/C20H24N4O/c1-14-7-3-4-8-16(14)13-24-10-6-5-9-18(24)20-17(12-21-22-20)19-11-15(2)23-25-19/h3-4,7-8,11-12,18H,5-6,9-10,13H2,1-2H3,(H,21,22). The molecule has 4 rings (SSSR count). The minimum absolute atomic E-state index is 0.330. The van der Waals surface area contributed by atoms with Crippen molar-refractivity contribution >= 4 is 0 Å². The minimum Gasteiger partial charge on any atom is -0.356 e. The fourth-order valence-corrected chi connectivity index (χ4v) is 3.75. The molecule has 25 heavy (non-hydrogen) atoms. The average Bonchev–Trinajstić information content (AvgIpc) is 3.26. The molecule has 5 nitrogen and oxygen atoms in total. The van der Waals surface area contributed by atoms with Crippen LogP contribution in [-0.4, -0.2) is 26.8 Å². The van der Waals surface area contributed by atoms with Gasteiger partial charge in [0, 0.05) is 12.6 Å². The van der Waals surface area contributed by atoms with Crippen LogP contribution in [0.15, 0.2) is 41.1 Å². The summed E-state index contributed by atoms with van der Waals surface area (Å²) in [5.74, 6) is 0.794. The molecule has 1 aliphatic rings. The largest absolute Gasteiger partial charge is 0.356 e. The number of H-pyrrole nitrogens is 1. The normalized spacial score (nSPS) is 18.6. The summed E-state index contributed by atoms with van der Waals surface area (Å²) in [5, 5.41) is 11.6. The fourth-order valence-electron chi connectivity index (χ4n) is 3.75. The van der Waals surface area contributed by atoms with Gasteiger partial charge in [-0.3, -0.25) is 10.00 Å². The number of benzene rings is 1. The highest BCUT2D eigenvalue weighted by Gasteiger charge is 2.29. The third-order valence-electron chi connectivity index (χ3n) is 5.14. The van der Waals surface area contributed by atoms with Gasteiger partial charge < -0.3 is 4.52 Å². The van der Waals surface area contributed by atoms with Crippen LogP contribution in [0.2, 0.25) is 0 Å². The molecule has 0 bridgehead atoms. The van der Waals surface area contributed by atoms with Gasteiger partial charge in [0.2, 0.25) is 0 Å². The second-order valence-corrected chi connectivity index (χ2v) is 6.94. The molecule has 1 aromatic carbocycles. The zero-order chi connectivity index (χ0) is 17.2. The molecule has 1 saturated heterocycles. The Morgan fingerprint density at radius 3 is 2.92 bits per heavy atom. The summed E-state index contributed by atoms with van der Waals surface area (Å²) in [6.07, 6.45) is 5.47. The number of aromatic amines is 1. The number of likely N-dealkylation sites (tertiary alicyclic amines) is 1. The van der Waals surface area contributed by atoms with Gasteiger partial charge in [-0.25, -0.2) is 0 Å². The average molecular weight is 336 g/mol. The fraction of sp³-hybridized carbons (Fsp3) is 0.400. The molecular weight excluding hydrogens is 312 g/mol. The molecule has 5 heteroatoms. The SMILES string of the molecule is Cc1cc(-c2cn[nH]c2C2CCCCN2Cc2ccccc2C)on1. The van der Waals surface area contributed by atoms with E-state index in [1.54, 1.807) is 0 Å². The molecule has 1 unspecified atom stereocenters. The van der Waals surface area contributed by atoms with Gasteiger partial charge in [-0.2, -0.15) is 5.10 Å². The summed E-state index contributed by atoms with van der Waals surface area (Å²) in [6, 6.07) is 11.0. The molecule has 0 radical (unpaired) electrons. The monoisotopic (exact) mass is 336 g/mol. The number of hydrogen-bond acceptors (Lipinski definition) is 4. The predicted molar refractivity (Wildman–Crippen MR) is 97.0 cm³/mol. The highest BCUT2D eigenvalue weighted by Crippen LogP contribution is 2.36. The summed E-state index contributed by atoms with van der Waals surface area (Å²) in [6.45, 7) is 6.20. The molecule has 1 N–H and O–H groups in total.